The SMILES string of the molecule is C#Cc1ccccc1C(C(=O)NC(Cc1ccccc1)C(=O)OC(C)(C)C)N(C(=O)C(Cc1ccccc1)NC(=O)OC(C)(C)C)C1CCC1. The van der Waals surface area contributed by atoms with E-state index in [0.29, 0.717) is 24.0 Å². The Morgan fingerprint density at radius 2 is 1.28 bits per heavy atom. The Kier molecular flexibility index (Phi) is 12.5. The standard InChI is InChI=1S/C41H49N3O6/c1-8-30-22-15-16-25-32(30)35(36(45)42-34(38(47)49-40(2,3)4)27-29-20-13-10-14-21-29)44(31-23-17-24-31)37(46)33(26-28-18-11-9-12-19-28)43-39(48)50-41(5,6)7/h1,9-16,18-22,25,31,33-35H,17,23-24,26-27H2,2-7H3,(H,42,45)(H,43,48). The van der Waals surface area contributed by atoms with E-state index in [2.05, 4.69) is 16.6 Å². The Morgan fingerprint density at radius 1 is 0.760 bits per heavy atom. The number of carbonyl (C=O) groups is 4. The van der Waals surface area contributed by atoms with Gasteiger partial charge in [-0.3, -0.25) is 9.59 Å². The normalized spacial score (nSPS) is 14.9. The molecule has 9 heteroatoms. The van der Waals surface area contributed by atoms with Crippen molar-refractivity contribution in [3.8, 4) is 12.3 Å². The molecule has 0 spiro atoms. The lowest BCUT2D eigenvalue weighted by Crippen LogP contribution is -2.59. The molecule has 0 saturated heterocycles. The second-order valence-corrected chi connectivity index (χ2v) is 14.6. The van der Waals surface area contributed by atoms with Gasteiger partial charge >= 0.3 is 12.1 Å². The van der Waals surface area contributed by atoms with Crippen molar-refractivity contribution >= 4 is 23.9 Å². The van der Waals surface area contributed by atoms with Gasteiger partial charge in [0.05, 0.1) is 0 Å². The van der Waals surface area contributed by atoms with E-state index in [1.54, 1.807) is 70.7 Å². The molecule has 9 nitrogen and oxygen atoms in total. The number of alkyl carbamates (subject to hydrolysis) is 1. The van der Waals surface area contributed by atoms with Gasteiger partial charge in [0.25, 0.3) is 0 Å². The van der Waals surface area contributed by atoms with Gasteiger partial charge < -0.3 is 25.0 Å². The average Bonchev–Trinajstić information content (AvgIpc) is 3.02. The first-order valence-electron chi connectivity index (χ1n) is 17.1. The number of nitrogens with one attached hydrogen (secondary N) is 2. The Morgan fingerprint density at radius 3 is 1.78 bits per heavy atom. The van der Waals surface area contributed by atoms with Gasteiger partial charge in [-0.05, 0) is 83.6 Å². The smallest absolute Gasteiger partial charge is 0.408 e. The predicted octanol–water partition coefficient (Wildman–Crippen LogP) is 6.30. The number of ether oxygens (including phenoxy) is 2. The number of terminal acetylenes is 1. The van der Waals surface area contributed by atoms with Crippen LogP contribution in [0.3, 0.4) is 0 Å². The van der Waals surface area contributed by atoms with Crippen molar-refractivity contribution in [3.05, 3.63) is 107 Å². The predicted molar refractivity (Wildman–Crippen MR) is 193 cm³/mol. The third-order valence-electron chi connectivity index (χ3n) is 8.22. The number of amides is 3. The largest absolute Gasteiger partial charge is 0.458 e. The molecular weight excluding hydrogens is 630 g/mol. The topological polar surface area (TPSA) is 114 Å². The van der Waals surface area contributed by atoms with Crippen LogP contribution in [0.5, 0.6) is 0 Å². The Labute approximate surface area is 296 Å². The maximum atomic E-state index is 14.9. The van der Waals surface area contributed by atoms with Gasteiger partial charge in [-0.15, -0.1) is 6.42 Å². The first-order chi connectivity index (χ1) is 23.6. The van der Waals surface area contributed by atoms with E-state index < -0.39 is 53.2 Å². The van der Waals surface area contributed by atoms with Crippen LogP contribution in [0.1, 0.15) is 89.1 Å². The highest BCUT2D eigenvalue weighted by molar-refractivity contribution is 5.94. The molecule has 1 aliphatic rings. The summed E-state index contributed by atoms with van der Waals surface area (Å²) in [5.41, 5.74) is 0.890. The van der Waals surface area contributed by atoms with E-state index >= 15 is 0 Å². The summed E-state index contributed by atoms with van der Waals surface area (Å²) in [6.07, 6.45) is 7.69. The summed E-state index contributed by atoms with van der Waals surface area (Å²) in [7, 11) is 0. The first-order valence-corrected chi connectivity index (χ1v) is 17.1. The van der Waals surface area contributed by atoms with Gasteiger partial charge in [0.15, 0.2) is 0 Å². The van der Waals surface area contributed by atoms with Crippen LogP contribution in [-0.4, -0.2) is 58.1 Å². The highest BCUT2D eigenvalue weighted by atomic mass is 16.6. The molecule has 0 bridgehead atoms. The highest BCUT2D eigenvalue weighted by Gasteiger charge is 2.43. The van der Waals surface area contributed by atoms with Gasteiger partial charge in [-0.25, -0.2) is 9.59 Å². The minimum absolute atomic E-state index is 0.155. The lowest BCUT2D eigenvalue weighted by Gasteiger charge is -2.44. The molecule has 2 N–H and O–H groups in total. The van der Waals surface area contributed by atoms with E-state index in [4.69, 9.17) is 15.9 Å². The van der Waals surface area contributed by atoms with Gasteiger partial charge in [-0.2, -0.15) is 0 Å². The number of benzene rings is 3. The van der Waals surface area contributed by atoms with Crippen LogP contribution in [0.25, 0.3) is 0 Å². The fourth-order valence-corrected chi connectivity index (χ4v) is 5.81. The van der Waals surface area contributed by atoms with Gasteiger partial charge in [0.1, 0.15) is 29.3 Å². The summed E-state index contributed by atoms with van der Waals surface area (Å²) in [4.78, 5) is 58.0. The van der Waals surface area contributed by atoms with Crippen molar-refractivity contribution in [1.82, 2.24) is 15.5 Å². The highest BCUT2D eigenvalue weighted by Crippen LogP contribution is 2.35. The molecule has 4 rings (SSSR count). The number of hydrogen-bond donors (Lipinski definition) is 2. The Bertz CT molecular complexity index is 1670. The summed E-state index contributed by atoms with van der Waals surface area (Å²) in [5, 5.41) is 5.75. The van der Waals surface area contributed by atoms with E-state index in [-0.39, 0.29) is 18.9 Å². The fraction of sp³-hybridized carbons (Fsp3) is 0.415. The van der Waals surface area contributed by atoms with Crippen LogP contribution in [-0.2, 0) is 36.7 Å². The van der Waals surface area contributed by atoms with Crippen molar-refractivity contribution in [3.63, 3.8) is 0 Å². The van der Waals surface area contributed by atoms with Crippen LogP contribution in [0.4, 0.5) is 4.79 Å². The molecule has 3 amide bonds. The van der Waals surface area contributed by atoms with Crippen molar-refractivity contribution in [2.24, 2.45) is 0 Å². The molecule has 1 fully saturated rings. The molecule has 1 aliphatic carbocycles. The third kappa shape index (κ3) is 10.7. The molecule has 1 saturated carbocycles. The summed E-state index contributed by atoms with van der Waals surface area (Å²) >= 11 is 0. The molecule has 0 heterocycles. The second-order valence-electron chi connectivity index (χ2n) is 14.6. The van der Waals surface area contributed by atoms with Crippen LogP contribution in [0.2, 0.25) is 0 Å². The van der Waals surface area contributed by atoms with E-state index in [0.717, 1.165) is 17.5 Å². The van der Waals surface area contributed by atoms with Gasteiger partial charge in [0.2, 0.25) is 11.8 Å². The van der Waals surface area contributed by atoms with Gasteiger partial charge in [-0.1, -0.05) is 84.8 Å². The monoisotopic (exact) mass is 679 g/mol. The average molecular weight is 680 g/mol. The lowest BCUT2D eigenvalue weighted by atomic mass is 9.86. The van der Waals surface area contributed by atoms with Gasteiger partial charge in [0, 0.05) is 24.4 Å². The minimum atomic E-state index is -1.22. The fourth-order valence-electron chi connectivity index (χ4n) is 5.81. The van der Waals surface area contributed by atoms with Crippen molar-refractivity contribution in [2.75, 3.05) is 0 Å². The molecule has 3 aromatic carbocycles. The maximum Gasteiger partial charge on any atom is 0.408 e. The van der Waals surface area contributed by atoms with Crippen LogP contribution < -0.4 is 10.6 Å². The molecule has 3 aromatic rings. The quantitative estimate of drug-likeness (QED) is 0.172. The number of rotatable bonds is 12. The summed E-state index contributed by atoms with van der Waals surface area (Å²) in [6, 6.07) is 21.9. The van der Waals surface area contributed by atoms with Crippen LogP contribution in [0, 0.1) is 12.3 Å². The maximum absolute atomic E-state index is 14.9. The zero-order valence-electron chi connectivity index (χ0n) is 29.9. The molecule has 0 aliphatic heterocycles. The molecule has 0 radical (unpaired) electrons. The molecule has 264 valence electrons. The van der Waals surface area contributed by atoms with Crippen LogP contribution in [0.15, 0.2) is 84.9 Å². The molecule has 3 unspecified atom stereocenters. The van der Waals surface area contributed by atoms with Crippen molar-refractivity contribution in [2.45, 2.75) is 109 Å². The Balaban J connectivity index is 1.80. The van der Waals surface area contributed by atoms with E-state index in [1.165, 1.54) is 0 Å². The summed E-state index contributed by atoms with van der Waals surface area (Å²) < 4.78 is 11.3. The van der Waals surface area contributed by atoms with E-state index in [1.807, 2.05) is 60.7 Å². The lowest BCUT2D eigenvalue weighted by molar-refractivity contribution is -0.159. The molecule has 3 atom stereocenters. The first kappa shape index (κ1) is 37.7. The molecular formula is C41H49N3O6. The third-order valence-corrected chi connectivity index (χ3v) is 8.22. The zero-order chi connectivity index (χ0) is 36.5. The number of nitrogens with zero attached hydrogens (tertiary/aromatic N) is 1. The van der Waals surface area contributed by atoms with Crippen LogP contribution >= 0.6 is 0 Å². The van der Waals surface area contributed by atoms with E-state index in [9.17, 15) is 19.2 Å². The van der Waals surface area contributed by atoms with Crippen molar-refractivity contribution in [1.29, 1.82) is 0 Å². The second kappa shape index (κ2) is 16.5. The number of carbonyl (C=O) groups excluding carboxylic acids is 4. The zero-order valence-corrected chi connectivity index (χ0v) is 29.9. The Hall–Kier alpha value is -5.10. The number of hydrogen-bond acceptors (Lipinski definition) is 6. The van der Waals surface area contributed by atoms with Crippen molar-refractivity contribution < 1.29 is 28.7 Å². The summed E-state index contributed by atoms with van der Waals surface area (Å²) in [5.74, 6) is 1.02. The molecule has 50 heavy (non-hydrogen) atoms. The number of esters is 1. The molecule has 0 aromatic heterocycles. The summed E-state index contributed by atoms with van der Waals surface area (Å²) in [6.45, 7) is 10.5. The minimum Gasteiger partial charge on any atom is -0.458 e.